The summed E-state index contributed by atoms with van der Waals surface area (Å²) in [5.74, 6) is -0.386. The van der Waals surface area contributed by atoms with Gasteiger partial charge in [-0.3, -0.25) is 9.52 Å². The highest BCUT2D eigenvalue weighted by molar-refractivity contribution is 7.92. The van der Waals surface area contributed by atoms with E-state index < -0.39 is 10.0 Å². The van der Waals surface area contributed by atoms with Crippen LogP contribution in [0.25, 0.3) is 0 Å². The Morgan fingerprint density at radius 1 is 1.26 bits per heavy atom. The van der Waals surface area contributed by atoms with Gasteiger partial charge in [-0.1, -0.05) is 35.9 Å². The number of amides is 1. The van der Waals surface area contributed by atoms with E-state index in [1.807, 2.05) is 18.2 Å². The van der Waals surface area contributed by atoms with Crippen LogP contribution >= 0.6 is 24.0 Å². The Hall–Kier alpha value is -1.80. The average molecular weight is 430 g/mol. The summed E-state index contributed by atoms with van der Waals surface area (Å²) in [7, 11) is -3.51. The zero-order valence-electron chi connectivity index (χ0n) is 14.7. The van der Waals surface area contributed by atoms with Gasteiger partial charge in [0.2, 0.25) is 10.0 Å². The first-order valence-electron chi connectivity index (χ1n) is 8.20. The minimum absolute atomic E-state index is 0. The van der Waals surface area contributed by atoms with Gasteiger partial charge in [-0.15, -0.1) is 12.4 Å². The molecule has 0 fully saturated rings. The fraction of sp³-hybridized carbons (Fsp3) is 0.278. The van der Waals surface area contributed by atoms with E-state index in [1.54, 1.807) is 0 Å². The lowest BCUT2D eigenvalue weighted by Crippen LogP contribution is -2.39. The van der Waals surface area contributed by atoms with Crippen molar-refractivity contribution >= 4 is 45.6 Å². The molecule has 1 heterocycles. The molecule has 2 aromatic rings. The van der Waals surface area contributed by atoms with Crippen LogP contribution in [-0.2, 0) is 16.4 Å². The molecular formula is C18H21Cl2N3O3S. The van der Waals surface area contributed by atoms with E-state index in [4.69, 9.17) is 11.6 Å². The summed E-state index contributed by atoms with van der Waals surface area (Å²) in [5, 5.41) is 6.62. The summed E-state index contributed by atoms with van der Waals surface area (Å²) in [6.07, 6.45) is 1.99. The highest BCUT2D eigenvalue weighted by atomic mass is 35.5. The number of sulfonamides is 1. The molecule has 1 amide bonds. The van der Waals surface area contributed by atoms with E-state index in [0.29, 0.717) is 11.6 Å². The van der Waals surface area contributed by atoms with Crippen LogP contribution in [0.3, 0.4) is 0 Å². The van der Waals surface area contributed by atoms with Crippen LogP contribution in [0.4, 0.5) is 5.69 Å². The van der Waals surface area contributed by atoms with Crippen molar-refractivity contribution in [1.82, 2.24) is 10.6 Å². The van der Waals surface area contributed by atoms with Crippen molar-refractivity contribution in [1.29, 1.82) is 0 Å². The van der Waals surface area contributed by atoms with Crippen LogP contribution in [0, 0.1) is 0 Å². The van der Waals surface area contributed by atoms with E-state index in [2.05, 4.69) is 21.4 Å². The lowest BCUT2D eigenvalue weighted by Gasteiger charge is -2.27. The molecule has 3 N–H and O–H groups in total. The minimum Gasteiger partial charge on any atom is -0.350 e. The molecule has 146 valence electrons. The van der Waals surface area contributed by atoms with Gasteiger partial charge in [-0.25, -0.2) is 8.42 Å². The van der Waals surface area contributed by atoms with Crippen molar-refractivity contribution in [3.05, 3.63) is 64.2 Å². The Morgan fingerprint density at radius 3 is 2.74 bits per heavy atom. The van der Waals surface area contributed by atoms with Crippen LogP contribution in [-0.4, -0.2) is 33.7 Å². The second-order valence-electron chi connectivity index (χ2n) is 6.23. The maximum absolute atomic E-state index is 12.6. The molecule has 3 rings (SSSR count). The molecule has 1 unspecified atom stereocenters. The molecule has 2 aromatic carbocycles. The number of hydrogen-bond donors (Lipinski definition) is 3. The second-order valence-corrected chi connectivity index (χ2v) is 8.41. The molecule has 0 bridgehead atoms. The monoisotopic (exact) mass is 429 g/mol. The van der Waals surface area contributed by atoms with Crippen molar-refractivity contribution < 1.29 is 13.2 Å². The van der Waals surface area contributed by atoms with Crippen molar-refractivity contribution in [3.8, 4) is 0 Å². The SMILES string of the molecule is CS(=O)(=O)Nc1ccc(Cl)cc1C(=O)NCC1NCCc2ccccc21.Cl. The third-order valence-electron chi connectivity index (χ3n) is 4.20. The predicted molar refractivity (Wildman–Crippen MR) is 110 cm³/mol. The van der Waals surface area contributed by atoms with Crippen LogP contribution in [0.1, 0.15) is 27.5 Å². The van der Waals surface area contributed by atoms with Gasteiger partial charge in [-0.2, -0.15) is 0 Å². The number of nitrogens with one attached hydrogen (secondary N) is 3. The van der Waals surface area contributed by atoms with Gasteiger partial charge in [-0.05, 0) is 42.3 Å². The molecule has 1 aliphatic rings. The predicted octanol–water partition coefficient (Wildman–Crippen LogP) is 2.75. The average Bonchev–Trinajstić information content (AvgIpc) is 2.60. The number of carbonyl (C=O) groups excluding carboxylic acids is 1. The number of benzene rings is 2. The molecule has 1 aliphatic heterocycles. The quantitative estimate of drug-likeness (QED) is 0.681. The molecule has 0 aromatic heterocycles. The van der Waals surface area contributed by atoms with Gasteiger partial charge in [0.05, 0.1) is 17.5 Å². The molecular weight excluding hydrogens is 409 g/mol. The Labute approximate surface area is 170 Å². The molecule has 0 spiro atoms. The highest BCUT2D eigenvalue weighted by Crippen LogP contribution is 2.24. The normalized spacial score (nSPS) is 16.0. The zero-order chi connectivity index (χ0) is 18.7. The largest absolute Gasteiger partial charge is 0.350 e. The summed E-state index contributed by atoms with van der Waals surface area (Å²) in [5.41, 5.74) is 2.82. The molecule has 9 heteroatoms. The summed E-state index contributed by atoms with van der Waals surface area (Å²) in [6, 6.07) is 12.6. The molecule has 0 saturated carbocycles. The molecule has 27 heavy (non-hydrogen) atoms. The Balaban J connectivity index is 0.00000261. The van der Waals surface area contributed by atoms with Gasteiger partial charge in [0.25, 0.3) is 5.91 Å². The van der Waals surface area contributed by atoms with Gasteiger partial charge in [0, 0.05) is 17.6 Å². The van der Waals surface area contributed by atoms with E-state index >= 15 is 0 Å². The number of carbonyl (C=O) groups is 1. The van der Waals surface area contributed by atoms with Crippen LogP contribution in [0.2, 0.25) is 5.02 Å². The summed E-state index contributed by atoms with van der Waals surface area (Å²) < 4.78 is 25.4. The first-order chi connectivity index (χ1) is 12.3. The lowest BCUT2D eigenvalue weighted by atomic mass is 9.94. The van der Waals surface area contributed by atoms with E-state index in [9.17, 15) is 13.2 Å². The molecule has 0 aliphatic carbocycles. The smallest absolute Gasteiger partial charge is 0.253 e. The van der Waals surface area contributed by atoms with Crippen molar-refractivity contribution in [2.24, 2.45) is 0 Å². The second kappa shape index (κ2) is 8.93. The maximum Gasteiger partial charge on any atom is 0.253 e. The minimum atomic E-state index is -3.51. The summed E-state index contributed by atoms with van der Waals surface area (Å²) >= 11 is 5.98. The molecule has 0 saturated heterocycles. The maximum atomic E-state index is 12.6. The van der Waals surface area contributed by atoms with Crippen LogP contribution < -0.4 is 15.4 Å². The number of halogens is 2. The van der Waals surface area contributed by atoms with E-state index in [0.717, 1.165) is 19.2 Å². The zero-order valence-corrected chi connectivity index (χ0v) is 17.0. The lowest BCUT2D eigenvalue weighted by molar-refractivity contribution is 0.0950. The number of rotatable bonds is 5. The fourth-order valence-electron chi connectivity index (χ4n) is 3.06. The first kappa shape index (κ1) is 21.5. The van der Waals surface area contributed by atoms with Crippen LogP contribution in [0.15, 0.2) is 42.5 Å². The topological polar surface area (TPSA) is 87.3 Å². The van der Waals surface area contributed by atoms with Gasteiger partial charge >= 0.3 is 0 Å². The van der Waals surface area contributed by atoms with Gasteiger partial charge in [0.15, 0.2) is 0 Å². The van der Waals surface area contributed by atoms with Crippen molar-refractivity contribution in [2.45, 2.75) is 12.5 Å². The first-order valence-corrected chi connectivity index (χ1v) is 10.5. The Morgan fingerprint density at radius 2 is 2.00 bits per heavy atom. The number of fused-ring (bicyclic) bond motifs is 1. The summed E-state index contributed by atoms with van der Waals surface area (Å²) in [4.78, 5) is 12.6. The third-order valence-corrected chi connectivity index (χ3v) is 5.03. The van der Waals surface area contributed by atoms with Crippen molar-refractivity contribution in [3.63, 3.8) is 0 Å². The summed E-state index contributed by atoms with van der Waals surface area (Å²) in [6.45, 7) is 1.23. The molecule has 6 nitrogen and oxygen atoms in total. The van der Waals surface area contributed by atoms with Gasteiger partial charge < -0.3 is 10.6 Å². The standard InChI is InChI=1S/C18H20ClN3O3S.ClH/c1-26(24,25)22-16-7-6-13(19)10-15(16)18(23)21-11-17-14-5-3-2-4-12(14)8-9-20-17;/h2-7,10,17,20,22H,8-9,11H2,1H3,(H,21,23);1H. The third kappa shape index (κ3) is 5.59. The van der Waals surface area contributed by atoms with Gasteiger partial charge in [0.1, 0.15) is 0 Å². The molecule has 0 radical (unpaired) electrons. The molecule has 1 atom stereocenters. The Kier molecular flexibility index (Phi) is 7.11. The van der Waals surface area contributed by atoms with Crippen molar-refractivity contribution in [2.75, 3.05) is 24.1 Å². The number of anilines is 1. The number of hydrogen-bond acceptors (Lipinski definition) is 4. The Bertz CT molecular complexity index is 935. The fourth-order valence-corrected chi connectivity index (χ4v) is 3.81. The highest BCUT2D eigenvalue weighted by Gasteiger charge is 2.21. The van der Waals surface area contributed by atoms with E-state index in [1.165, 1.54) is 29.3 Å². The van der Waals surface area contributed by atoms with E-state index in [-0.39, 0.29) is 35.6 Å². The van der Waals surface area contributed by atoms with Crippen LogP contribution in [0.5, 0.6) is 0 Å².